The molecule has 0 aromatic heterocycles. The topological polar surface area (TPSA) is 108 Å². The Labute approximate surface area is 127 Å². The van der Waals surface area contributed by atoms with Gasteiger partial charge in [0.2, 0.25) is 5.91 Å². The fraction of sp³-hybridized carbons (Fsp3) is 0.429. The fourth-order valence-corrected chi connectivity index (χ4v) is 1.76. The molecule has 1 aromatic rings. The third-order valence-corrected chi connectivity index (χ3v) is 2.85. The van der Waals surface area contributed by atoms with Gasteiger partial charge in [0.15, 0.2) is 0 Å². The molecule has 0 saturated carbocycles. The van der Waals surface area contributed by atoms with Crippen LogP contribution in [0.15, 0.2) is 24.3 Å². The SMILES string of the molecule is CCOCC(=O)N[C@@H](Cc1ccc([N+](=O)[O-])cc1)C(=O)OC. The molecule has 0 radical (unpaired) electrons. The van der Waals surface area contributed by atoms with Crippen LogP contribution in [0, 0.1) is 10.1 Å². The summed E-state index contributed by atoms with van der Waals surface area (Å²) in [7, 11) is 1.22. The zero-order valence-corrected chi connectivity index (χ0v) is 12.4. The first-order valence-electron chi connectivity index (χ1n) is 6.66. The zero-order valence-electron chi connectivity index (χ0n) is 12.4. The van der Waals surface area contributed by atoms with E-state index < -0.39 is 22.8 Å². The summed E-state index contributed by atoms with van der Waals surface area (Å²) in [6.07, 6.45) is 0.169. The van der Waals surface area contributed by atoms with Crippen molar-refractivity contribution in [2.75, 3.05) is 20.3 Å². The molecule has 0 aliphatic heterocycles. The van der Waals surface area contributed by atoms with E-state index in [2.05, 4.69) is 10.1 Å². The molecule has 0 spiro atoms. The molecule has 0 saturated heterocycles. The van der Waals surface area contributed by atoms with Crippen LogP contribution in [0.25, 0.3) is 0 Å². The highest BCUT2D eigenvalue weighted by atomic mass is 16.6. The molecule has 120 valence electrons. The van der Waals surface area contributed by atoms with Crippen molar-refractivity contribution in [2.24, 2.45) is 0 Å². The van der Waals surface area contributed by atoms with Crippen molar-refractivity contribution >= 4 is 17.6 Å². The summed E-state index contributed by atoms with van der Waals surface area (Å²) in [6, 6.07) is 4.86. The number of hydrogen-bond acceptors (Lipinski definition) is 6. The largest absolute Gasteiger partial charge is 0.467 e. The van der Waals surface area contributed by atoms with Gasteiger partial charge in [-0.3, -0.25) is 14.9 Å². The quantitative estimate of drug-likeness (QED) is 0.433. The second-order valence-corrected chi connectivity index (χ2v) is 4.41. The van der Waals surface area contributed by atoms with E-state index in [-0.39, 0.29) is 18.7 Å². The maximum atomic E-state index is 11.7. The lowest BCUT2D eigenvalue weighted by molar-refractivity contribution is -0.384. The zero-order chi connectivity index (χ0) is 16.5. The predicted octanol–water partition coefficient (Wildman–Crippen LogP) is 0.832. The van der Waals surface area contributed by atoms with Crippen LogP contribution in [0.1, 0.15) is 12.5 Å². The second-order valence-electron chi connectivity index (χ2n) is 4.41. The van der Waals surface area contributed by atoms with Gasteiger partial charge in [-0.2, -0.15) is 0 Å². The Morgan fingerprint density at radius 2 is 1.95 bits per heavy atom. The van der Waals surface area contributed by atoms with Crippen molar-refractivity contribution in [3.63, 3.8) is 0 Å². The summed E-state index contributed by atoms with van der Waals surface area (Å²) in [5, 5.41) is 13.1. The molecule has 0 heterocycles. The first-order chi connectivity index (χ1) is 10.5. The van der Waals surface area contributed by atoms with Gasteiger partial charge in [-0.25, -0.2) is 4.79 Å². The summed E-state index contributed by atoms with van der Waals surface area (Å²) in [6.45, 7) is 1.99. The van der Waals surface area contributed by atoms with Crippen molar-refractivity contribution in [3.05, 3.63) is 39.9 Å². The van der Waals surface area contributed by atoms with E-state index in [1.165, 1.54) is 31.4 Å². The van der Waals surface area contributed by atoms with E-state index in [9.17, 15) is 19.7 Å². The highest BCUT2D eigenvalue weighted by Gasteiger charge is 2.22. The first-order valence-corrected chi connectivity index (χ1v) is 6.66. The molecule has 0 aliphatic carbocycles. The molecule has 8 nitrogen and oxygen atoms in total. The average Bonchev–Trinajstić information content (AvgIpc) is 2.52. The highest BCUT2D eigenvalue weighted by molar-refractivity contribution is 5.85. The normalized spacial score (nSPS) is 11.5. The van der Waals surface area contributed by atoms with Gasteiger partial charge in [-0.05, 0) is 12.5 Å². The van der Waals surface area contributed by atoms with Crippen molar-refractivity contribution in [2.45, 2.75) is 19.4 Å². The molecule has 1 aromatic carbocycles. The molecule has 1 amide bonds. The minimum Gasteiger partial charge on any atom is -0.467 e. The predicted molar refractivity (Wildman–Crippen MR) is 77.2 cm³/mol. The number of methoxy groups -OCH3 is 1. The molecule has 1 rings (SSSR count). The number of carbonyl (C=O) groups excluding carboxylic acids is 2. The monoisotopic (exact) mass is 310 g/mol. The van der Waals surface area contributed by atoms with E-state index in [4.69, 9.17) is 4.74 Å². The van der Waals surface area contributed by atoms with Crippen LogP contribution < -0.4 is 5.32 Å². The summed E-state index contributed by atoms with van der Waals surface area (Å²) in [5.74, 6) is -1.03. The summed E-state index contributed by atoms with van der Waals surface area (Å²) < 4.78 is 9.61. The van der Waals surface area contributed by atoms with Gasteiger partial charge in [0, 0.05) is 25.2 Å². The number of ether oxygens (including phenoxy) is 2. The molecule has 0 aliphatic rings. The lowest BCUT2D eigenvalue weighted by atomic mass is 10.1. The number of non-ortho nitro benzene ring substituents is 1. The Hall–Kier alpha value is -2.48. The Balaban J connectivity index is 2.74. The van der Waals surface area contributed by atoms with Crippen LogP contribution >= 0.6 is 0 Å². The van der Waals surface area contributed by atoms with Crippen molar-refractivity contribution in [3.8, 4) is 0 Å². The van der Waals surface area contributed by atoms with E-state index >= 15 is 0 Å². The van der Waals surface area contributed by atoms with Gasteiger partial charge in [-0.15, -0.1) is 0 Å². The first kappa shape index (κ1) is 17.6. The van der Waals surface area contributed by atoms with E-state index in [0.717, 1.165) is 0 Å². The molecule has 0 fully saturated rings. The van der Waals surface area contributed by atoms with Crippen LogP contribution in [-0.2, 0) is 25.5 Å². The maximum absolute atomic E-state index is 11.7. The van der Waals surface area contributed by atoms with Crippen LogP contribution in [0.2, 0.25) is 0 Å². The third-order valence-electron chi connectivity index (χ3n) is 2.85. The number of nitro benzene ring substituents is 1. The van der Waals surface area contributed by atoms with E-state index in [0.29, 0.717) is 12.2 Å². The van der Waals surface area contributed by atoms with Gasteiger partial charge in [-0.1, -0.05) is 12.1 Å². The number of nitro groups is 1. The lowest BCUT2D eigenvalue weighted by Crippen LogP contribution is -2.44. The van der Waals surface area contributed by atoms with Gasteiger partial charge < -0.3 is 14.8 Å². The van der Waals surface area contributed by atoms with Gasteiger partial charge in [0.1, 0.15) is 12.6 Å². The number of carbonyl (C=O) groups is 2. The van der Waals surface area contributed by atoms with Crippen LogP contribution in [0.4, 0.5) is 5.69 Å². The third kappa shape index (κ3) is 5.49. The fourth-order valence-electron chi connectivity index (χ4n) is 1.76. The van der Waals surface area contributed by atoms with Crippen LogP contribution in [0.5, 0.6) is 0 Å². The number of hydrogen-bond donors (Lipinski definition) is 1. The Morgan fingerprint density at radius 1 is 1.32 bits per heavy atom. The summed E-state index contributed by atoms with van der Waals surface area (Å²) >= 11 is 0. The summed E-state index contributed by atoms with van der Waals surface area (Å²) in [5.41, 5.74) is 0.622. The molecule has 0 bridgehead atoms. The molecular weight excluding hydrogens is 292 g/mol. The number of benzene rings is 1. The van der Waals surface area contributed by atoms with Crippen LogP contribution in [-0.4, -0.2) is 43.2 Å². The van der Waals surface area contributed by atoms with Crippen molar-refractivity contribution < 1.29 is 24.0 Å². The number of rotatable bonds is 8. The van der Waals surface area contributed by atoms with Crippen molar-refractivity contribution in [1.82, 2.24) is 5.32 Å². The summed E-state index contributed by atoms with van der Waals surface area (Å²) in [4.78, 5) is 33.4. The van der Waals surface area contributed by atoms with Gasteiger partial charge in [0.25, 0.3) is 5.69 Å². The minimum absolute atomic E-state index is 0.0428. The van der Waals surface area contributed by atoms with Crippen LogP contribution in [0.3, 0.4) is 0 Å². The van der Waals surface area contributed by atoms with Gasteiger partial charge in [0.05, 0.1) is 12.0 Å². The van der Waals surface area contributed by atoms with E-state index in [1.807, 2.05) is 0 Å². The lowest BCUT2D eigenvalue weighted by Gasteiger charge is -2.16. The molecule has 22 heavy (non-hydrogen) atoms. The average molecular weight is 310 g/mol. The number of nitrogens with zero attached hydrogens (tertiary/aromatic N) is 1. The smallest absolute Gasteiger partial charge is 0.328 e. The number of amides is 1. The Morgan fingerprint density at radius 3 is 2.45 bits per heavy atom. The highest BCUT2D eigenvalue weighted by Crippen LogP contribution is 2.13. The Bertz CT molecular complexity index is 529. The number of esters is 1. The van der Waals surface area contributed by atoms with Gasteiger partial charge >= 0.3 is 5.97 Å². The molecule has 0 unspecified atom stereocenters. The molecule has 8 heteroatoms. The maximum Gasteiger partial charge on any atom is 0.328 e. The molecular formula is C14H18N2O6. The standard InChI is InChI=1S/C14H18N2O6/c1-3-22-9-13(17)15-12(14(18)21-2)8-10-4-6-11(7-5-10)16(19)20/h4-7,12H,3,8-9H2,1-2H3,(H,15,17)/t12-/m0/s1. The minimum atomic E-state index is -0.876. The molecule has 1 N–H and O–H groups in total. The van der Waals surface area contributed by atoms with E-state index in [1.54, 1.807) is 6.92 Å². The Kier molecular flexibility index (Phi) is 6.97. The molecule has 1 atom stereocenters. The number of nitrogens with one attached hydrogen (secondary N) is 1. The van der Waals surface area contributed by atoms with Crippen molar-refractivity contribution in [1.29, 1.82) is 0 Å². The second kappa shape index (κ2) is 8.73.